The van der Waals surface area contributed by atoms with Gasteiger partial charge < -0.3 is 10.6 Å². The van der Waals surface area contributed by atoms with E-state index in [0.29, 0.717) is 6.54 Å². The topological polar surface area (TPSA) is 42.2 Å². The van der Waals surface area contributed by atoms with Crippen LogP contribution in [0.3, 0.4) is 0 Å². The highest BCUT2D eigenvalue weighted by molar-refractivity contribution is 7.15. The molecule has 0 bridgehead atoms. The molecule has 0 unspecified atom stereocenters. The molecule has 0 aliphatic heterocycles. The molecule has 0 aliphatic carbocycles. The Balaban J connectivity index is 2.72. The van der Waals surface area contributed by atoms with Gasteiger partial charge in [0.1, 0.15) is 0 Å². The van der Waals surface area contributed by atoms with Gasteiger partial charge in [-0.25, -0.2) is 4.98 Å². The van der Waals surface area contributed by atoms with Crippen LogP contribution in [0.15, 0.2) is 6.20 Å². The molecule has 0 saturated heterocycles. The third kappa shape index (κ3) is 1.95. The van der Waals surface area contributed by atoms with Crippen molar-refractivity contribution in [1.29, 1.82) is 0 Å². The summed E-state index contributed by atoms with van der Waals surface area (Å²) in [6.07, 6.45) is 1.86. The Morgan fingerprint density at radius 1 is 1.50 bits per heavy atom. The van der Waals surface area contributed by atoms with Crippen LogP contribution in [0.5, 0.6) is 0 Å². The van der Waals surface area contributed by atoms with E-state index in [-0.39, 0.29) is 0 Å². The lowest BCUT2D eigenvalue weighted by Gasteiger charge is -2.16. The Labute approximate surface area is 77.2 Å². The minimum absolute atomic E-state index is 0.596. The molecule has 0 spiro atoms. The summed E-state index contributed by atoms with van der Waals surface area (Å²) in [6.45, 7) is 6.88. The minimum atomic E-state index is 0.596. The van der Waals surface area contributed by atoms with Gasteiger partial charge in [0.2, 0.25) is 0 Å². The molecule has 4 heteroatoms. The summed E-state index contributed by atoms with van der Waals surface area (Å²) in [6, 6.07) is 0. The summed E-state index contributed by atoms with van der Waals surface area (Å²) < 4.78 is 0. The molecular formula is C8H15N3S. The Morgan fingerprint density at radius 3 is 2.58 bits per heavy atom. The molecule has 0 radical (unpaired) electrons. The summed E-state index contributed by atoms with van der Waals surface area (Å²) in [5, 5.41) is 1.08. The molecule has 68 valence electrons. The van der Waals surface area contributed by atoms with Crippen LogP contribution in [-0.4, -0.2) is 18.1 Å². The molecule has 1 heterocycles. The van der Waals surface area contributed by atoms with Gasteiger partial charge in [-0.3, -0.25) is 0 Å². The van der Waals surface area contributed by atoms with Gasteiger partial charge >= 0.3 is 0 Å². The largest absolute Gasteiger partial charge is 0.349 e. The molecule has 2 N–H and O–H groups in total. The van der Waals surface area contributed by atoms with E-state index in [0.717, 1.165) is 23.1 Å². The van der Waals surface area contributed by atoms with Crippen molar-refractivity contribution >= 4 is 16.5 Å². The van der Waals surface area contributed by atoms with Crippen molar-refractivity contribution in [3.05, 3.63) is 11.1 Å². The predicted octanol–water partition coefficient (Wildman–Crippen LogP) is 1.45. The van der Waals surface area contributed by atoms with Crippen molar-refractivity contribution in [1.82, 2.24) is 4.98 Å². The van der Waals surface area contributed by atoms with Gasteiger partial charge in [-0.1, -0.05) is 0 Å². The summed E-state index contributed by atoms with van der Waals surface area (Å²) >= 11 is 1.68. The summed E-state index contributed by atoms with van der Waals surface area (Å²) in [5.74, 6) is 0. The Bertz CT molecular complexity index is 230. The molecule has 0 amide bonds. The lowest BCUT2D eigenvalue weighted by molar-refractivity contribution is 0.860. The molecule has 1 aromatic rings. The fourth-order valence-corrected chi connectivity index (χ4v) is 1.95. The second kappa shape index (κ2) is 4.42. The molecule has 1 aromatic heterocycles. The smallest absolute Gasteiger partial charge is 0.185 e. The highest BCUT2D eigenvalue weighted by Gasteiger charge is 2.05. The molecule has 0 fully saturated rings. The minimum Gasteiger partial charge on any atom is -0.349 e. The lowest BCUT2D eigenvalue weighted by atomic mass is 10.5. The zero-order valence-corrected chi connectivity index (χ0v) is 8.40. The fourth-order valence-electron chi connectivity index (χ4n) is 1.03. The van der Waals surface area contributed by atoms with E-state index < -0.39 is 0 Å². The van der Waals surface area contributed by atoms with Gasteiger partial charge in [0.25, 0.3) is 0 Å². The first-order valence-electron chi connectivity index (χ1n) is 4.21. The van der Waals surface area contributed by atoms with Gasteiger partial charge in [-0.15, -0.1) is 11.3 Å². The fraction of sp³-hybridized carbons (Fsp3) is 0.625. The maximum absolute atomic E-state index is 5.50. The lowest BCUT2D eigenvalue weighted by Crippen LogP contribution is -2.21. The molecule has 0 saturated carbocycles. The zero-order valence-electron chi connectivity index (χ0n) is 7.58. The van der Waals surface area contributed by atoms with E-state index in [4.69, 9.17) is 5.73 Å². The summed E-state index contributed by atoms with van der Waals surface area (Å²) in [5.41, 5.74) is 5.50. The van der Waals surface area contributed by atoms with Gasteiger partial charge in [-0.05, 0) is 13.8 Å². The van der Waals surface area contributed by atoms with E-state index in [1.807, 2.05) is 6.20 Å². The second-order valence-corrected chi connectivity index (χ2v) is 3.58. The number of rotatable bonds is 4. The Morgan fingerprint density at radius 2 is 2.17 bits per heavy atom. The molecule has 1 rings (SSSR count). The number of thiazole rings is 1. The summed E-state index contributed by atoms with van der Waals surface area (Å²) in [7, 11) is 0. The van der Waals surface area contributed by atoms with Crippen molar-refractivity contribution < 1.29 is 0 Å². The standard InChI is InChI=1S/C8H15N3S/c1-3-11(4-2)8-10-6-7(5-9)12-8/h6H,3-5,9H2,1-2H3. The van der Waals surface area contributed by atoms with Gasteiger partial charge in [-0.2, -0.15) is 0 Å². The molecule has 0 aliphatic rings. The third-order valence-electron chi connectivity index (χ3n) is 1.78. The normalized spacial score (nSPS) is 10.2. The Kier molecular flexibility index (Phi) is 3.49. The number of aromatic nitrogens is 1. The van der Waals surface area contributed by atoms with Crippen LogP contribution in [0.1, 0.15) is 18.7 Å². The first-order valence-corrected chi connectivity index (χ1v) is 5.03. The zero-order chi connectivity index (χ0) is 8.97. The predicted molar refractivity (Wildman–Crippen MR) is 53.6 cm³/mol. The highest BCUT2D eigenvalue weighted by Crippen LogP contribution is 2.21. The van der Waals surface area contributed by atoms with Crippen LogP contribution in [0.2, 0.25) is 0 Å². The van der Waals surface area contributed by atoms with E-state index in [2.05, 4.69) is 23.7 Å². The molecule has 12 heavy (non-hydrogen) atoms. The van der Waals surface area contributed by atoms with Crippen LogP contribution in [-0.2, 0) is 6.54 Å². The summed E-state index contributed by atoms with van der Waals surface area (Å²) in [4.78, 5) is 7.67. The van der Waals surface area contributed by atoms with Gasteiger partial charge in [0, 0.05) is 30.7 Å². The molecule has 0 aromatic carbocycles. The van der Waals surface area contributed by atoms with Crippen molar-refractivity contribution in [3.63, 3.8) is 0 Å². The number of hydrogen-bond donors (Lipinski definition) is 1. The van der Waals surface area contributed by atoms with Crippen LogP contribution in [0.25, 0.3) is 0 Å². The Hall–Kier alpha value is -0.610. The van der Waals surface area contributed by atoms with Gasteiger partial charge in [0.15, 0.2) is 5.13 Å². The van der Waals surface area contributed by atoms with E-state index >= 15 is 0 Å². The molecule has 3 nitrogen and oxygen atoms in total. The quantitative estimate of drug-likeness (QED) is 0.772. The number of nitrogens with two attached hydrogens (primary N) is 1. The number of nitrogens with zero attached hydrogens (tertiary/aromatic N) is 2. The van der Waals surface area contributed by atoms with Crippen molar-refractivity contribution in [2.24, 2.45) is 5.73 Å². The highest BCUT2D eigenvalue weighted by atomic mass is 32.1. The maximum Gasteiger partial charge on any atom is 0.185 e. The first kappa shape index (κ1) is 9.48. The van der Waals surface area contributed by atoms with Gasteiger partial charge in [0.05, 0.1) is 0 Å². The van der Waals surface area contributed by atoms with E-state index in [9.17, 15) is 0 Å². The average Bonchev–Trinajstić information content (AvgIpc) is 2.55. The number of hydrogen-bond acceptors (Lipinski definition) is 4. The van der Waals surface area contributed by atoms with E-state index in [1.165, 1.54) is 0 Å². The average molecular weight is 185 g/mol. The molecule has 0 atom stereocenters. The molecular weight excluding hydrogens is 170 g/mol. The SMILES string of the molecule is CCN(CC)c1ncc(CN)s1. The van der Waals surface area contributed by atoms with Crippen LogP contribution < -0.4 is 10.6 Å². The first-order chi connectivity index (χ1) is 5.81. The monoisotopic (exact) mass is 185 g/mol. The third-order valence-corrected chi connectivity index (χ3v) is 2.86. The van der Waals surface area contributed by atoms with Crippen LogP contribution in [0.4, 0.5) is 5.13 Å². The van der Waals surface area contributed by atoms with Crippen molar-refractivity contribution in [2.45, 2.75) is 20.4 Å². The maximum atomic E-state index is 5.50. The van der Waals surface area contributed by atoms with Crippen LogP contribution >= 0.6 is 11.3 Å². The second-order valence-electron chi connectivity index (χ2n) is 2.49. The van der Waals surface area contributed by atoms with Crippen LogP contribution in [0, 0.1) is 0 Å². The van der Waals surface area contributed by atoms with E-state index in [1.54, 1.807) is 11.3 Å². The van der Waals surface area contributed by atoms with Crippen molar-refractivity contribution in [2.75, 3.05) is 18.0 Å². The van der Waals surface area contributed by atoms with Crippen molar-refractivity contribution in [3.8, 4) is 0 Å². The number of anilines is 1.